The molecular formula is C20H21ClN2O2. The van der Waals surface area contributed by atoms with Crippen LogP contribution in [0.3, 0.4) is 0 Å². The van der Waals surface area contributed by atoms with Crippen LogP contribution in [0.4, 0.5) is 4.79 Å². The molecule has 4 nitrogen and oxygen atoms in total. The van der Waals surface area contributed by atoms with Gasteiger partial charge in [0, 0.05) is 36.1 Å². The summed E-state index contributed by atoms with van der Waals surface area (Å²) in [6.45, 7) is 1.62. The van der Waals surface area contributed by atoms with Crippen molar-refractivity contribution in [1.82, 2.24) is 10.2 Å². The van der Waals surface area contributed by atoms with E-state index in [0.29, 0.717) is 30.2 Å². The van der Waals surface area contributed by atoms with E-state index in [1.165, 1.54) is 0 Å². The molecule has 1 saturated heterocycles. The Bertz CT molecular complexity index is 748. The van der Waals surface area contributed by atoms with E-state index < -0.39 is 0 Å². The minimum atomic E-state index is -0.172. The van der Waals surface area contributed by atoms with Crippen molar-refractivity contribution < 1.29 is 9.59 Å². The molecule has 1 unspecified atom stereocenters. The fraction of sp³-hybridized carbons (Fsp3) is 0.300. The van der Waals surface area contributed by atoms with Crippen LogP contribution in [0.5, 0.6) is 0 Å². The first-order valence-corrected chi connectivity index (χ1v) is 8.88. The average molecular weight is 357 g/mol. The van der Waals surface area contributed by atoms with Crippen LogP contribution in [0.1, 0.15) is 28.8 Å². The molecular weight excluding hydrogens is 336 g/mol. The third kappa shape index (κ3) is 4.60. The minimum Gasteiger partial charge on any atom is -0.334 e. The van der Waals surface area contributed by atoms with Gasteiger partial charge in [0.1, 0.15) is 0 Å². The summed E-state index contributed by atoms with van der Waals surface area (Å²) in [5.41, 5.74) is 1.67. The van der Waals surface area contributed by atoms with Crippen molar-refractivity contribution in [3.8, 4) is 0 Å². The number of Topliss-reactive ketones (excluding diaryl/α,β-unsaturated/α-hetero) is 1. The number of carbonyl (C=O) groups is 2. The van der Waals surface area contributed by atoms with Crippen molar-refractivity contribution in [2.24, 2.45) is 5.92 Å². The van der Waals surface area contributed by atoms with Crippen molar-refractivity contribution in [2.45, 2.75) is 19.4 Å². The van der Waals surface area contributed by atoms with Gasteiger partial charge < -0.3 is 10.2 Å². The van der Waals surface area contributed by atoms with Crippen molar-refractivity contribution in [1.29, 1.82) is 0 Å². The molecule has 5 heteroatoms. The van der Waals surface area contributed by atoms with Gasteiger partial charge in [-0.1, -0.05) is 54.1 Å². The molecule has 2 amide bonds. The minimum absolute atomic E-state index is 0.0584. The number of urea groups is 1. The zero-order valence-electron chi connectivity index (χ0n) is 14.0. The first kappa shape index (κ1) is 17.5. The Hall–Kier alpha value is -2.33. The maximum absolute atomic E-state index is 12.7. The third-order valence-corrected chi connectivity index (χ3v) is 4.71. The fourth-order valence-corrected chi connectivity index (χ4v) is 3.33. The highest BCUT2D eigenvalue weighted by Gasteiger charge is 2.29. The lowest BCUT2D eigenvalue weighted by Crippen LogP contribution is -2.46. The van der Waals surface area contributed by atoms with Gasteiger partial charge in [-0.15, -0.1) is 0 Å². The number of likely N-dealkylation sites (tertiary alicyclic amines) is 1. The summed E-state index contributed by atoms with van der Waals surface area (Å²) in [7, 11) is 0. The molecule has 1 fully saturated rings. The molecule has 130 valence electrons. The fourth-order valence-electron chi connectivity index (χ4n) is 3.14. The molecule has 0 radical (unpaired) electrons. The molecule has 0 bridgehead atoms. The van der Waals surface area contributed by atoms with Gasteiger partial charge >= 0.3 is 6.03 Å². The number of hydrogen-bond donors (Lipinski definition) is 1. The van der Waals surface area contributed by atoms with Crippen LogP contribution < -0.4 is 5.32 Å². The monoisotopic (exact) mass is 356 g/mol. The molecule has 0 aromatic heterocycles. The van der Waals surface area contributed by atoms with Crippen molar-refractivity contribution >= 4 is 23.4 Å². The van der Waals surface area contributed by atoms with E-state index in [2.05, 4.69) is 5.32 Å². The molecule has 2 aromatic carbocycles. The Balaban J connectivity index is 1.58. The van der Waals surface area contributed by atoms with Gasteiger partial charge in [-0.3, -0.25) is 4.79 Å². The lowest BCUT2D eigenvalue weighted by atomic mass is 9.90. The smallest absolute Gasteiger partial charge is 0.317 e. The van der Waals surface area contributed by atoms with Crippen molar-refractivity contribution in [3.05, 3.63) is 70.7 Å². The van der Waals surface area contributed by atoms with Gasteiger partial charge in [-0.25, -0.2) is 4.79 Å². The van der Waals surface area contributed by atoms with Crippen LogP contribution >= 0.6 is 11.6 Å². The van der Waals surface area contributed by atoms with Gasteiger partial charge in [0.15, 0.2) is 5.78 Å². The van der Waals surface area contributed by atoms with Crippen LogP contribution in [0.2, 0.25) is 5.02 Å². The first-order chi connectivity index (χ1) is 12.1. The van der Waals surface area contributed by atoms with Gasteiger partial charge in [-0.05, 0) is 30.5 Å². The summed E-state index contributed by atoms with van der Waals surface area (Å²) >= 11 is 5.98. The normalized spacial score (nSPS) is 17.2. The molecule has 1 N–H and O–H groups in total. The van der Waals surface area contributed by atoms with Gasteiger partial charge in [0.25, 0.3) is 0 Å². The quantitative estimate of drug-likeness (QED) is 0.837. The summed E-state index contributed by atoms with van der Waals surface area (Å²) in [6, 6.07) is 16.7. The molecule has 0 aliphatic carbocycles. The predicted octanol–water partition coefficient (Wildman–Crippen LogP) is 4.14. The lowest BCUT2D eigenvalue weighted by Gasteiger charge is -2.32. The number of halogens is 1. The number of hydrogen-bond acceptors (Lipinski definition) is 2. The number of amides is 2. The summed E-state index contributed by atoms with van der Waals surface area (Å²) in [5.74, 6) is -0.113. The SMILES string of the molecule is O=C(c1cccc(Cl)c1)C1CCCN(C(=O)NCc2ccccc2)C1. The number of ketones is 1. The van der Waals surface area contributed by atoms with Gasteiger partial charge in [0.05, 0.1) is 0 Å². The average Bonchev–Trinajstić information content (AvgIpc) is 2.66. The zero-order valence-corrected chi connectivity index (χ0v) is 14.7. The highest BCUT2D eigenvalue weighted by atomic mass is 35.5. The predicted molar refractivity (Wildman–Crippen MR) is 98.8 cm³/mol. The second-order valence-electron chi connectivity index (χ2n) is 6.30. The largest absolute Gasteiger partial charge is 0.334 e. The van der Waals surface area contributed by atoms with E-state index in [-0.39, 0.29) is 17.7 Å². The first-order valence-electron chi connectivity index (χ1n) is 8.50. The Morgan fingerprint density at radius 2 is 1.92 bits per heavy atom. The number of rotatable bonds is 4. The van der Waals surface area contributed by atoms with Crippen LogP contribution in [-0.4, -0.2) is 29.8 Å². The molecule has 1 aliphatic heterocycles. The van der Waals surface area contributed by atoms with Crippen molar-refractivity contribution in [2.75, 3.05) is 13.1 Å². The summed E-state index contributed by atoms with van der Waals surface area (Å²) in [6.07, 6.45) is 1.63. The summed E-state index contributed by atoms with van der Waals surface area (Å²) in [4.78, 5) is 26.8. The Kier molecular flexibility index (Phi) is 5.71. The maximum Gasteiger partial charge on any atom is 0.317 e. The van der Waals surface area contributed by atoms with Crippen LogP contribution in [0.25, 0.3) is 0 Å². The van der Waals surface area contributed by atoms with E-state index in [1.807, 2.05) is 30.3 Å². The highest BCUT2D eigenvalue weighted by Crippen LogP contribution is 2.22. The topological polar surface area (TPSA) is 49.4 Å². The zero-order chi connectivity index (χ0) is 17.6. The van der Waals surface area contributed by atoms with Crippen LogP contribution in [0, 0.1) is 5.92 Å². The highest BCUT2D eigenvalue weighted by molar-refractivity contribution is 6.31. The van der Waals surface area contributed by atoms with Crippen molar-refractivity contribution in [3.63, 3.8) is 0 Å². The number of benzene rings is 2. The molecule has 0 spiro atoms. The van der Waals surface area contributed by atoms with E-state index in [1.54, 1.807) is 29.2 Å². The second-order valence-corrected chi connectivity index (χ2v) is 6.74. The molecule has 1 atom stereocenters. The molecule has 3 rings (SSSR count). The van der Waals surface area contributed by atoms with Gasteiger partial charge in [-0.2, -0.15) is 0 Å². The maximum atomic E-state index is 12.7. The number of piperidine rings is 1. The van der Waals surface area contributed by atoms with E-state index in [0.717, 1.165) is 18.4 Å². The van der Waals surface area contributed by atoms with E-state index in [4.69, 9.17) is 11.6 Å². The summed E-state index contributed by atoms with van der Waals surface area (Å²) in [5, 5.41) is 3.49. The molecule has 1 heterocycles. The Labute approximate surface area is 152 Å². The second kappa shape index (κ2) is 8.17. The van der Waals surface area contributed by atoms with E-state index >= 15 is 0 Å². The van der Waals surface area contributed by atoms with Crippen LogP contribution in [-0.2, 0) is 6.54 Å². The molecule has 1 aliphatic rings. The molecule has 25 heavy (non-hydrogen) atoms. The number of nitrogens with one attached hydrogen (secondary N) is 1. The standard InChI is InChI=1S/C20H21ClN2O2/c21-18-10-4-8-16(12-18)19(24)17-9-5-11-23(14-17)20(25)22-13-15-6-2-1-3-7-15/h1-4,6-8,10,12,17H,5,9,11,13-14H2,(H,22,25). The number of carbonyl (C=O) groups excluding carboxylic acids is 2. The van der Waals surface area contributed by atoms with E-state index in [9.17, 15) is 9.59 Å². The lowest BCUT2D eigenvalue weighted by molar-refractivity contribution is 0.0845. The summed E-state index contributed by atoms with van der Waals surface area (Å²) < 4.78 is 0. The Morgan fingerprint density at radius 1 is 1.12 bits per heavy atom. The molecule has 0 saturated carbocycles. The van der Waals surface area contributed by atoms with Crippen LogP contribution in [0.15, 0.2) is 54.6 Å². The third-order valence-electron chi connectivity index (χ3n) is 4.48. The number of nitrogens with zero attached hydrogens (tertiary/aromatic N) is 1. The Morgan fingerprint density at radius 3 is 2.68 bits per heavy atom. The molecule has 2 aromatic rings. The van der Waals surface area contributed by atoms with Gasteiger partial charge in [0.2, 0.25) is 0 Å².